The summed E-state index contributed by atoms with van der Waals surface area (Å²) in [4.78, 5) is 0. The SMILES string of the molecule is C(=Cc1ccccc1)C=c1cccc2c1=Cc1ccccc1-2. The summed E-state index contributed by atoms with van der Waals surface area (Å²) in [5, 5.41) is 2.59. The number of benzene rings is 3. The van der Waals surface area contributed by atoms with E-state index in [2.05, 4.69) is 91.0 Å². The molecule has 104 valence electrons. The zero-order valence-corrected chi connectivity index (χ0v) is 12.2. The summed E-state index contributed by atoms with van der Waals surface area (Å²) in [6.07, 6.45) is 8.74. The smallest absolute Gasteiger partial charge is 0.00990 e. The van der Waals surface area contributed by atoms with Crippen molar-refractivity contribution in [1.29, 1.82) is 0 Å². The third kappa shape index (κ3) is 2.29. The Kier molecular flexibility index (Phi) is 3.21. The van der Waals surface area contributed by atoms with Crippen molar-refractivity contribution in [3.63, 3.8) is 0 Å². The summed E-state index contributed by atoms with van der Waals surface area (Å²) in [7, 11) is 0. The van der Waals surface area contributed by atoms with Crippen molar-refractivity contribution in [2.45, 2.75) is 0 Å². The fraction of sp³-hybridized carbons (Fsp3) is 0. The van der Waals surface area contributed by atoms with Crippen molar-refractivity contribution in [2.24, 2.45) is 0 Å². The summed E-state index contributed by atoms with van der Waals surface area (Å²) in [6.45, 7) is 0. The molecule has 0 saturated heterocycles. The largest absolute Gasteiger partial charge is 0.0622 e. The van der Waals surface area contributed by atoms with E-state index in [4.69, 9.17) is 0 Å². The lowest BCUT2D eigenvalue weighted by Gasteiger charge is -1.99. The van der Waals surface area contributed by atoms with Crippen LogP contribution < -0.4 is 10.4 Å². The zero-order chi connectivity index (χ0) is 14.8. The number of hydrogen-bond acceptors (Lipinski definition) is 0. The van der Waals surface area contributed by atoms with E-state index in [1.54, 1.807) is 0 Å². The minimum Gasteiger partial charge on any atom is -0.0622 e. The molecule has 0 radical (unpaired) electrons. The van der Waals surface area contributed by atoms with E-state index in [-0.39, 0.29) is 0 Å². The zero-order valence-electron chi connectivity index (χ0n) is 12.2. The maximum Gasteiger partial charge on any atom is -0.00990 e. The molecular weight excluding hydrogens is 264 g/mol. The highest BCUT2D eigenvalue weighted by Gasteiger charge is 2.10. The monoisotopic (exact) mass is 280 g/mol. The molecule has 0 saturated carbocycles. The molecule has 3 aromatic carbocycles. The van der Waals surface area contributed by atoms with Crippen molar-refractivity contribution < 1.29 is 0 Å². The molecule has 0 N–H and O–H groups in total. The third-order valence-corrected chi connectivity index (χ3v) is 4.05. The standard InChI is InChI=1S/C22H16/c1-2-8-17(9-3-1)10-6-12-18-13-7-15-21-20-14-5-4-11-19(20)16-22(18)21/h1-16H. The Bertz CT molecular complexity index is 960. The first kappa shape index (κ1) is 12.8. The van der Waals surface area contributed by atoms with Crippen LogP contribution in [0.3, 0.4) is 0 Å². The second-order valence-corrected chi connectivity index (χ2v) is 5.48. The molecule has 0 atom stereocenters. The molecule has 4 rings (SSSR count). The highest BCUT2D eigenvalue weighted by Crippen LogP contribution is 2.24. The lowest BCUT2D eigenvalue weighted by Crippen LogP contribution is -2.23. The third-order valence-electron chi connectivity index (χ3n) is 4.05. The Hall–Kier alpha value is -2.86. The maximum absolute atomic E-state index is 2.28. The minimum absolute atomic E-state index is 1.22. The van der Waals surface area contributed by atoms with E-state index in [0.29, 0.717) is 0 Å². The van der Waals surface area contributed by atoms with Crippen LogP contribution in [0.2, 0.25) is 0 Å². The second-order valence-electron chi connectivity index (χ2n) is 5.48. The van der Waals surface area contributed by atoms with E-state index in [9.17, 15) is 0 Å². The number of rotatable bonds is 2. The molecule has 0 aromatic heterocycles. The van der Waals surface area contributed by atoms with Crippen LogP contribution in [0.1, 0.15) is 11.1 Å². The van der Waals surface area contributed by atoms with Gasteiger partial charge in [0.1, 0.15) is 0 Å². The average Bonchev–Trinajstić information content (AvgIpc) is 2.96. The topological polar surface area (TPSA) is 0 Å². The molecule has 22 heavy (non-hydrogen) atoms. The van der Waals surface area contributed by atoms with Gasteiger partial charge in [-0.05, 0) is 38.8 Å². The minimum atomic E-state index is 1.22. The van der Waals surface area contributed by atoms with Crippen molar-refractivity contribution in [2.75, 3.05) is 0 Å². The van der Waals surface area contributed by atoms with Gasteiger partial charge in [-0.25, -0.2) is 0 Å². The lowest BCUT2D eigenvalue weighted by molar-refractivity contribution is 1.53. The molecule has 0 unspecified atom stereocenters. The molecule has 0 aliphatic heterocycles. The highest BCUT2D eigenvalue weighted by molar-refractivity contribution is 5.83. The van der Waals surface area contributed by atoms with Gasteiger partial charge in [0.2, 0.25) is 0 Å². The van der Waals surface area contributed by atoms with Crippen molar-refractivity contribution in [3.05, 3.63) is 100 Å². The van der Waals surface area contributed by atoms with Crippen LogP contribution in [-0.2, 0) is 0 Å². The van der Waals surface area contributed by atoms with Crippen LogP contribution in [0.15, 0.2) is 78.9 Å². The molecule has 0 amide bonds. The Morgan fingerprint density at radius 3 is 2.32 bits per heavy atom. The van der Waals surface area contributed by atoms with Crippen molar-refractivity contribution in [1.82, 2.24) is 0 Å². The van der Waals surface area contributed by atoms with Gasteiger partial charge in [-0.3, -0.25) is 0 Å². The quantitative estimate of drug-likeness (QED) is 0.521. The van der Waals surface area contributed by atoms with Gasteiger partial charge < -0.3 is 0 Å². The van der Waals surface area contributed by atoms with E-state index >= 15 is 0 Å². The molecule has 0 nitrogen and oxygen atoms in total. The van der Waals surface area contributed by atoms with Crippen LogP contribution in [0, 0.1) is 0 Å². The van der Waals surface area contributed by atoms with Gasteiger partial charge in [0.15, 0.2) is 0 Å². The molecule has 0 heteroatoms. The Morgan fingerprint density at radius 1 is 0.636 bits per heavy atom. The summed E-state index contributed by atoms with van der Waals surface area (Å²) in [5.74, 6) is 0. The summed E-state index contributed by atoms with van der Waals surface area (Å²) >= 11 is 0. The number of hydrogen-bond donors (Lipinski definition) is 0. The molecule has 0 bridgehead atoms. The van der Waals surface area contributed by atoms with Crippen molar-refractivity contribution >= 4 is 18.2 Å². The number of allylic oxidation sites excluding steroid dienone is 1. The van der Waals surface area contributed by atoms with Crippen LogP contribution in [-0.4, -0.2) is 0 Å². The van der Waals surface area contributed by atoms with E-state index in [0.717, 1.165) is 0 Å². The van der Waals surface area contributed by atoms with E-state index in [1.807, 2.05) is 6.07 Å². The summed E-state index contributed by atoms with van der Waals surface area (Å²) in [5.41, 5.74) is 5.20. The van der Waals surface area contributed by atoms with E-state index < -0.39 is 0 Å². The van der Waals surface area contributed by atoms with Crippen molar-refractivity contribution in [3.8, 4) is 11.1 Å². The fourth-order valence-corrected chi connectivity index (χ4v) is 2.98. The van der Waals surface area contributed by atoms with Gasteiger partial charge >= 0.3 is 0 Å². The maximum atomic E-state index is 2.28. The first-order valence-electron chi connectivity index (χ1n) is 7.55. The molecular formula is C22H16. The van der Waals surface area contributed by atoms with Gasteiger partial charge in [0.25, 0.3) is 0 Å². The predicted octanol–water partition coefficient (Wildman–Crippen LogP) is 3.99. The van der Waals surface area contributed by atoms with Crippen LogP contribution in [0.5, 0.6) is 0 Å². The van der Waals surface area contributed by atoms with Gasteiger partial charge in [0, 0.05) is 0 Å². The lowest BCUT2D eigenvalue weighted by atomic mass is 10.0. The van der Waals surface area contributed by atoms with Gasteiger partial charge in [-0.2, -0.15) is 0 Å². The van der Waals surface area contributed by atoms with Gasteiger partial charge in [-0.15, -0.1) is 0 Å². The number of fused-ring (bicyclic) bond motifs is 3. The Balaban J connectivity index is 1.79. The first-order chi connectivity index (χ1) is 10.9. The highest BCUT2D eigenvalue weighted by atomic mass is 14.1. The van der Waals surface area contributed by atoms with Crippen LogP contribution in [0.4, 0.5) is 0 Å². The molecule has 0 fully saturated rings. The first-order valence-corrected chi connectivity index (χ1v) is 7.55. The van der Waals surface area contributed by atoms with Gasteiger partial charge in [0.05, 0.1) is 0 Å². The molecule has 0 heterocycles. The van der Waals surface area contributed by atoms with Crippen LogP contribution in [0.25, 0.3) is 29.4 Å². The fourth-order valence-electron chi connectivity index (χ4n) is 2.98. The Labute approximate surface area is 130 Å². The molecule has 1 aliphatic carbocycles. The normalized spacial score (nSPS) is 13.0. The molecule has 3 aromatic rings. The molecule has 1 aliphatic rings. The summed E-state index contributed by atoms with van der Waals surface area (Å²) in [6, 6.07) is 25.5. The van der Waals surface area contributed by atoms with Crippen LogP contribution >= 0.6 is 0 Å². The second kappa shape index (κ2) is 5.50. The van der Waals surface area contributed by atoms with E-state index in [1.165, 1.54) is 32.7 Å². The summed E-state index contributed by atoms with van der Waals surface area (Å²) < 4.78 is 0. The Morgan fingerprint density at radius 2 is 1.41 bits per heavy atom. The van der Waals surface area contributed by atoms with Gasteiger partial charge in [-0.1, -0.05) is 91.0 Å². The molecule has 0 spiro atoms. The average molecular weight is 280 g/mol. The predicted molar refractivity (Wildman–Crippen MR) is 94.6 cm³/mol.